The molecule has 6 rings (SSSR count). The van der Waals surface area contributed by atoms with E-state index in [4.69, 9.17) is 0 Å². The lowest BCUT2D eigenvalue weighted by Gasteiger charge is -2.57. The molecule has 5 saturated carbocycles. The van der Waals surface area contributed by atoms with Gasteiger partial charge in [0.15, 0.2) is 0 Å². The van der Waals surface area contributed by atoms with E-state index in [9.17, 15) is 9.59 Å². The zero-order valence-corrected chi connectivity index (χ0v) is 23.4. The van der Waals surface area contributed by atoms with Gasteiger partial charge in [-0.15, -0.1) is 0 Å². The molecule has 1 atom stereocenters. The first-order valence-electron chi connectivity index (χ1n) is 15.2. The summed E-state index contributed by atoms with van der Waals surface area (Å²) < 4.78 is 0. The first kappa shape index (κ1) is 26.7. The first-order chi connectivity index (χ1) is 17.8. The van der Waals surface area contributed by atoms with Crippen molar-refractivity contribution in [1.82, 2.24) is 15.5 Å². The second-order valence-corrected chi connectivity index (χ2v) is 13.4. The van der Waals surface area contributed by atoms with Crippen LogP contribution < -0.4 is 10.6 Å². The Morgan fingerprint density at radius 3 is 2.11 bits per heavy atom. The highest BCUT2D eigenvalue weighted by molar-refractivity contribution is 5.97. The molecule has 37 heavy (non-hydrogen) atoms. The van der Waals surface area contributed by atoms with E-state index < -0.39 is 6.04 Å². The minimum Gasteiger partial charge on any atom is -0.354 e. The summed E-state index contributed by atoms with van der Waals surface area (Å²) in [5.41, 5.74) is 2.43. The van der Waals surface area contributed by atoms with Crippen molar-refractivity contribution in [2.45, 2.75) is 108 Å². The summed E-state index contributed by atoms with van der Waals surface area (Å²) in [5.74, 6) is 2.53. The van der Waals surface area contributed by atoms with Crippen molar-refractivity contribution in [3.05, 3.63) is 35.4 Å². The number of rotatable bonds is 10. The van der Waals surface area contributed by atoms with E-state index in [0.29, 0.717) is 23.6 Å². The maximum atomic E-state index is 13.1. The van der Waals surface area contributed by atoms with Crippen LogP contribution in [0.2, 0.25) is 0 Å². The van der Waals surface area contributed by atoms with E-state index in [1.54, 1.807) is 0 Å². The number of carbonyl (C=O) groups excluding carboxylic acids is 2. The predicted molar refractivity (Wildman–Crippen MR) is 150 cm³/mol. The molecule has 5 fully saturated rings. The van der Waals surface area contributed by atoms with E-state index in [0.717, 1.165) is 30.7 Å². The summed E-state index contributed by atoms with van der Waals surface area (Å²) in [7, 11) is 2.21. The molecule has 1 aromatic carbocycles. The van der Waals surface area contributed by atoms with Crippen molar-refractivity contribution < 1.29 is 9.59 Å². The Hall–Kier alpha value is -1.88. The summed E-state index contributed by atoms with van der Waals surface area (Å²) in [6.45, 7) is 5.64. The van der Waals surface area contributed by atoms with Crippen LogP contribution in [0.25, 0.3) is 0 Å². The maximum absolute atomic E-state index is 13.1. The van der Waals surface area contributed by atoms with Crippen LogP contribution in [-0.2, 0) is 10.2 Å². The summed E-state index contributed by atoms with van der Waals surface area (Å²) >= 11 is 0. The van der Waals surface area contributed by atoms with Gasteiger partial charge in [-0.25, -0.2) is 0 Å². The van der Waals surface area contributed by atoms with Crippen LogP contribution in [0.3, 0.4) is 0 Å². The Bertz CT molecular complexity index is 899. The molecule has 204 valence electrons. The maximum Gasteiger partial charge on any atom is 0.251 e. The van der Waals surface area contributed by atoms with Gasteiger partial charge in [0.2, 0.25) is 5.91 Å². The number of benzene rings is 1. The van der Waals surface area contributed by atoms with E-state index in [-0.39, 0.29) is 17.7 Å². The SMILES string of the molecule is CC(C)[C@H](NC(=O)c1ccc(C23CC4CC(CC(C4)C2)C3)cc1)C(=O)NCCCN(C)C1CCCCC1. The monoisotopic (exact) mass is 507 g/mol. The molecule has 0 radical (unpaired) electrons. The van der Waals surface area contributed by atoms with Crippen molar-refractivity contribution in [2.24, 2.45) is 23.7 Å². The Balaban J connectivity index is 1.12. The quantitative estimate of drug-likeness (QED) is 0.401. The lowest BCUT2D eigenvalue weighted by molar-refractivity contribution is -0.123. The molecular formula is C32H49N3O2. The molecule has 4 bridgehead atoms. The number of hydrogen-bond donors (Lipinski definition) is 2. The van der Waals surface area contributed by atoms with Gasteiger partial charge < -0.3 is 15.5 Å². The fraction of sp³-hybridized carbons (Fsp3) is 0.750. The summed E-state index contributed by atoms with van der Waals surface area (Å²) in [6, 6.07) is 8.55. The molecule has 2 N–H and O–H groups in total. The van der Waals surface area contributed by atoms with Gasteiger partial charge in [0, 0.05) is 18.2 Å². The minimum atomic E-state index is -0.522. The second-order valence-electron chi connectivity index (χ2n) is 13.4. The number of nitrogens with one attached hydrogen (secondary N) is 2. The number of carbonyl (C=O) groups is 2. The van der Waals surface area contributed by atoms with Crippen LogP contribution in [0.1, 0.15) is 107 Å². The normalized spacial score (nSPS) is 30.0. The van der Waals surface area contributed by atoms with E-state index in [2.05, 4.69) is 34.7 Å². The van der Waals surface area contributed by atoms with Crippen LogP contribution in [0.15, 0.2) is 24.3 Å². The zero-order chi connectivity index (χ0) is 26.0. The molecule has 0 spiro atoms. The third-order valence-electron chi connectivity index (χ3n) is 10.2. The Morgan fingerprint density at radius 1 is 0.946 bits per heavy atom. The Kier molecular flexibility index (Phi) is 8.28. The third-order valence-corrected chi connectivity index (χ3v) is 10.2. The smallest absolute Gasteiger partial charge is 0.251 e. The van der Waals surface area contributed by atoms with Gasteiger partial charge in [-0.3, -0.25) is 9.59 Å². The molecular weight excluding hydrogens is 458 g/mol. The molecule has 0 unspecified atom stereocenters. The average Bonchev–Trinajstić information content (AvgIpc) is 2.89. The first-order valence-corrected chi connectivity index (χ1v) is 15.2. The Morgan fingerprint density at radius 2 is 1.54 bits per heavy atom. The fourth-order valence-electron chi connectivity index (χ4n) is 8.55. The zero-order valence-electron chi connectivity index (χ0n) is 23.4. The number of amides is 2. The second kappa shape index (κ2) is 11.5. The third kappa shape index (κ3) is 6.08. The van der Waals surface area contributed by atoms with Crippen molar-refractivity contribution in [1.29, 1.82) is 0 Å². The molecule has 0 aromatic heterocycles. The van der Waals surface area contributed by atoms with Gasteiger partial charge >= 0.3 is 0 Å². The molecule has 0 heterocycles. The van der Waals surface area contributed by atoms with E-state index in [1.807, 2.05) is 26.0 Å². The molecule has 0 aliphatic heterocycles. The van der Waals surface area contributed by atoms with E-state index >= 15 is 0 Å². The number of nitrogens with zero attached hydrogens (tertiary/aromatic N) is 1. The van der Waals surface area contributed by atoms with Crippen molar-refractivity contribution in [3.63, 3.8) is 0 Å². The summed E-state index contributed by atoms with van der Waals surface area (Å²) in [6.07, 6.45) is 15.9. The van der Waals surface area contributed by atoms with Crippen LogP contribution in [-0.4, -0.2) is 48.9 Å². The van der Waals surface area contributed by atoms with Crippen LogP contribution in [0.4, 0.5) is 0 Å². The van der Waals surface area contributed by atoms with Crippen LogP contribution in [0, 0.1) is 23.7 Å². The number of hydrogen-bond acceptors (Lipinski definition) is 3. The highest BCUT2D eigenvalue weighted by Gasteiger charge is 2.51. The lowest BCUT2D eigenvalue weighted by atomic mass is 9.48. The molecule has 5 aliphatic carbocycles. The summed E-state index contributed by atoms with van der Waals surface area (Å²) in [4.78, 5) is 28.6. The molecule has 2 amide bonds. The topological polar surface area (TPSA) is 61.4 Å². The summed E-state index contributed by atoms with van der Waals surface area (Å²) in [5, 5.41) is 6.11. The largest absolute Gasteiger partial charge is 0.354 e. The highest BCUT2D eigenvalue weighted by atomic mass is 16.2. The van der Waals surface area contributed by atoms with Gasteiger partial charge in [-0.2, -0.15) is 0 Å². The minimum absolute atomic E-state index is 0.0279. The van der Waals surface area contributed by atoms with Crippen LogP contribution >= 0.6 is 0 Å². The van der Waals surface area contributed by atoms with Crippen molar-refractivity contribution in [2.75, 3.05) is 20.1 Å². The molecule has 5 aliphatic rings. The van der Waals surface area contributed by atoms with Gasteiger partial charge in [0.25, 0.3) is 5.91 Å². The molecule has 5 heteroatoms. The predicted octanol–water partition coefficient (Wildman–Crippen LogP) is 5.68. The molecule has 1 aromatic rings. The van der Waals surface area contributed by atoms with Crippen LogP contribution in [0.5, 0.6) is 0 Å². The van der Waals surface area contributed by atoms with Gasteiger partial charge in [-0.05, 0) is 118 Å². The fourth-order valence-corrected chi connectivity index (χ4v) is 8.55. The standard InChI is InChI=1S/C32H49N3O2/c1-22(2)29(31(37)33-14-7-15-35(3)28-8-5-4-6-9-28)34-30(36)26-10-12-27(13-11-26)32-19-23-16-24(20-32)18-25(17-23)21-32/h10-13,22-25,28-29H,4-9,14-21H2,1-3H3,(H,33,37)(H,34,36)/t23?,24?,25?,29-,32?/m0/s1. The van der Waals surface area contributed by atoms with Crippen molar-refractivity contribution in [3.8, 4) is 0 Å². The highest BCUT2D eigenvalue weighted by Crippen LogP contribution is 2.60. The average molecular weight is 508 g/mol. The van der Waals surface area contributed by atoms with Gasteiger partial charge in [0.05, 0.1) is 0 Å². The van der Waals surface area contributed by atoms with Crippen molar-refractivity contribution >= 4 is 11.8 Å². The van der Waals surface area contributed by atoms with Gasteiger partial charge in [0.1, 0.15) is 6.04 Å². The van der Waals surface area contributed by atoms with Gasteiger partial charge in [-0.1, -0.05) is 45.2 Å². The molecule has 0 saturated heterocycles. The Labute approximate surface area is 224 Å². The lowest BCUT2D eigenvalue weighted by Crippen LogP contribution is -2.50. The molecule has 5 nitrogen and oxygen atoms in total. The van der Waals surface area contributed by atoms with E-state index in [1.165, 1.54) is 76.2 Å².